The lowest BCUT2D eigenvalue weighted by Gasteiger charge is -2.29. The van der Waals surface area contributed by atoms with Crippen LogP contribution in [-0.4, -0.2) is 34.5 Å². The lowest BCUT2D eigenvalue weighted by molar-refractivity contribution is 0.232. The van der Waals surface area contributed by atoms with Crippen molar-refractivity contribution in [1.82, 2.24) is 9.97 Å². The smallest absolute Gasteiger partial charge is 0.218 e. The Morgan fingerprint density at radius 3 is 2.95 bits per heavy atom. The molecule has 0 amide bonds. The van der Waals surface area contributed by atoms with Crippen LogP contribution in [0, 0.1) is 0 Å². The summed E-state index contributed by atoms with van der Waals surface area (Å²) in [6, 6.07) is 2.29. The van der Waals surface area contributed by atoms with Gasteiger partial charge in [0.15, 0.2) is 0 Å². The number of anilines is 1. The molecule has 2 rings (SSSR count). The monoisotopic (exact) mass is 283 g/mol. The van der Waals surface area contributed by atoms with Crippen molar-refractivity contribution in [2.45, 2.75) is 51.7 Å². The van der Waals surface area contributed by atoms with Crippen molar-refractivity contribution in [2.24, 2.45) is 0 Å². The molecule has 5 heteroatoms. The lowest BCUT2D eigenvalue weighted by atomic mass is 10.1. The first-order valence-corrected chi connectivity index (χ1v) is 7.55. The first kappa shape index (κ1) is 14.4. The molecule has 0 saturated carbocycles. The van der Waals surface area contributed by atoms with Crippen LogP contribution < -0.4 is 9.64 Å². The van der Waals surface area contributed by atoms with Gasteiger partial charge >= 0.3 is 0 Å². The fourth-order valence-corrected chi connectivity index (χ4v) is 2.75. The summed E-state index contributed by atoms with van der Waals surface area (Å²) in [6.07, 6.45) is 6.53. The molecule has 106 valence electrons. The molecule has 0 radical (unpaired) electrons. The minimum atomic E-state index is 0.121. The van der Waals surface area contributed by atoms with Gasteiger partial charge < -0.3 is 9.64 Å². The third-order valence-corrected chi connectivity index (χ3v) is 3.69. The van der Waals surface area contributed by atoms with Gasteiger partial charge in [-0.25, -0.2) is 9.97 Å². The van der Waals surface area contributed by atoms with Crippen LogP contribution in [0.1, 0.15) is 39.5 Å². The van der Waals surface area contributed by atoms with Crippen molar-refractivity contribution >= 4 is 17.4 Å². The van der Waals surface area contributed by atoms with Crippen molar-refractivity contribution in [1.29, 1.82) is 0 Å². The molecule has 1 aliphatic rings. The van der Waals surface area contributed by atoms with Gasteiger partial charge in [-0.15, -0.1) is 11.6 Å². The number of ether oxygens (including phenoxy) is 1. The summed E-state index contributed by atoms with van der Waals surface area (Å²) >= 11 is 6.11. The Morgan fingerprint density at radius 1 is 1.37 bits per heavy atom. The summed E-state index contributed by atoms with van der Waals surface area (Å²) in [5.41, 5.74) is 0. The van der Waals surface area contributed by atoms with Gasteiger partial charge in [0.2, 0.25) is 5.88 Å². The van der Waals surface area contributed by atoms with E-state index in [4.69, 9.17) is 16.3 Å². The Hall–Kier alpha value is -1.03. The maximum atomic E-state index is 6.11. The van der Waals surface area contributed by atoms with Crippen LogP contribution >= 0.6 is 11.6 Å². The van der Waals surface area contributed by atoms with Crippen molar-refractivity contribution in [3.05, 3.63) is 12.4 Å². The van der Waals surface area contributed by atoms with E-state index in [1.54, 1.807) is 6.33 Å². The highest BCUT2D eigenvalue weighted by Gasteiger charge is 2.22. The van der Waals surface area contributed by atoms with Crippen molar-refractivity contribution < 1.29 is 4.74 Å². The van der Waals surface area contributed by atoms with Gasteiger partial charge in [-0.3, -0.25) is 0 Å². The molecule has 1 saturated heterocycles. The molecule has 1 fully saturated rings. The molecule has 19 heavy (non-hydrogen) atoms. The van der Waals surface area contributed by atoms with Gasteiger partial charge in [0, 0.05) is 24.5 Å². The zero-order chi connectivity index (χ0) is 13.7. The fourth-order valence-electron chi connectivity index (χ4n) is 2.43. The Bertz CT molecular complexity index is 400. The maximum absolute atomic E-state index is 6.11. The molecule has 0 N–H and O–H groups in total. The third kappa shape index (κ3) is 3.96. The summed E-state index contributed by atoms with van der Waals surface area (Å²) in [5.74, 6) is 2.21. The Labute approximate surface area is 120 Å². The number of rotatable bonds is 4. The second-order valence-electron chi connectivity index (χ2n) is 5.23. The summed E-state index contributed by atoms with van der Waals surface area (Å²) in [5, 5.41) is 0. The van der Waals surface area contributed by atoms with E-state index in [1.165, 1.54) is 19.3 Å². The highest BCUT2D eigenvalue weighted by atomic mass is 35.5. The molecule has 1 atom stereocenters. The fraction of sp³-hybridized carbons (Fsp3) is 0.714. The van der Waals surface area contributed by atoms with E-state index in [1.807, 2.05) is 19.9 Å². The lowest BCUT2D eigenvalue weighted by Crippen LogP contribution is -2.36. The van der Waals surface area contributed by atoms with Crippen molar-refractivity contribution in [3.63, 3.8) is 0 Å². The predicted octanol–water partition coefficient (Wildman–Crippen LogP) is 3.25. The minimum absolute atomic E-state index is 0.121. The van der Waals surface area contributed by atoms with Crippen LogP contribution in [0.15, 0.2) is 12.4 Å². The summed E-state index contributed by atoms with van der Waals surface area (Å²) in [7, 11) is 0. The summed E-state index contributed by atoms with van der Waals surface area (Å²) < 4.78 is 5.64. The summed E-state index contributed by atoms with van der Waals surface area (Å²) in [4.78, 5) is 10.8. The van der Waals surface area contributed by atoms with Gasteiger partial charge in [0.1, 0.15) is 12.1 Å². The van der Waals surface area contributed by atoms with E-state index in [0.29, 0.717) is 17.8 Å². The first-order chi connectivity index (χ1) is 9.20. The second-order valence-corrected chi connectivity index (χ2v) is 5.54. The van der Waals surface area contributed by atoms with Gasteiger partial charge in [-0.2, -0.15) is 0 Å². The number of nitrogens with zero attached hydrogens (tertiary/aromatic N) is 3. The van der Waals surface area contributed by atoms with E-state index in [-0.39, 0.29) is 6.10 Å². The van der Waals surface area contributed by atoms with Crippen molar-refractivity contribution in [3.8, 4) is 5.88 Å². The molecule has 0 spiro atoms. The van der Waals surface area contributed by atoms with E-state index in [0.717, 1.165) is 18.8 Å². The number of hydrogen-bond acceptors (Lipinski definition) is 4. The molecule has 1 aliphatic heterocycles. The molecule has 2 heterocycles. The van der Waals surface area contributed by atoms with Crippen LogP contribution in [0.4, 0.5) is 5.82 Å². The molecule has 1 aromatic rings. The van der Waals surface area contributed by atoms with E-state index < -0.39 is 0 Å². The van der Waals surface area contributed by atoms with E-state index >= 15 is 0 Å². The highest BCUT2D eigenvalue weighted by Crippen LogP contribution is 2.25. The van der Waals surface area contributed by atoms with Crippen molar-refractivity contribution in [2.75, 3.05) is 17.3 Å². The maximum Gasteiger partial charge on any atom is 0.218 e. The van der Waals surface area contributed by atoms with Gasteiger partial charge in [0.05, 0.1) is 6.10 Å². The van der Waals surface area contributed by atoms with Crippen LogP contribution in [0.25, 0.3) is 0 Å². The number of halogens is 1. The van der Waals surface area contributed by atoms with Gasteiger partial charge in [0.25, 0.3) is 0 Å². The van der Waals surface area contributed by atoms with Gasteiger partial charge in [-0.05, 0) is 26.7 Å². The van der Waals surface area contributed by atoms with Crippen LogP contribution in [-0.2, 0) is 0 Å². The summed E-state index contributed by atoms with van der Waals surface area (Å²) in [6.45, 7) is 5.00. The van der Waals surface area contributed by atoms with Crippen LogP contribution in [0.5, 0.6) is 5.88 Å². The van der Waals surface area contributed by atoms with Crippen LogP contribution in [0.3, 0.4) is 0 Å². The molecule has 0 aliphatic carbocycles. The largest absolute Gasteiger partial charge is 0.475 e. The average Bonchev–Trinajstić information content (AvgIpc) is 2.63. The quantitative estimate of drug-likeness (QED) is 0.795. The standard InChI is InChI=1S/C14H22ClN3O/c1-11(2)19-14-8-13(16-10-17-14)18-7-5-3-4-6-12(18)9-15/h8,10-12H,3-7,9H2,1-2H3. The molecular formula is C14H22ClN3O. The molecule has 0 bridgehead atoms. The average molecular weight is 284 g/mol. The number of aromatic nitrogens is 2. The SMILES string of the molecule is CC(C)Oc1cc(N2CCCCCC2CCl)ncn1. The molecule has 0 aromatic carbocycles. The molecule has 1 aromatic heterocycles. The topological polar surface area (TPSA) is 38.2 Å². The van der Waals surface area contributed by atoms with Gasteiger partial charge in [-0.1, -0.05) is 12.8 Å². The predicted molar refractivity (Wildman–Crippen MR) is 78.1 cm³/mol. The Morgan fingerprint density at radius 2 is 2.21 bits per heavy atom. The zero-order valence-corrected chi connectivity index (χ0v) is 12.4. The molecule has 1 unspecified atom stereocenters. The number of hydrogen-bond donors (Lipinski definition) is 0. The first-order valence-electron chi connectivity index (χ1n) is 7.02. The Balaban J connectivity index is 2.18. The number of alkyl halides is 1. The zero-order valence-electron chi connectivity index (χ0n) is 11.7. The Kier molecular flexibility index (Phi) is 5.25. The second kappa shape index (κ2) is 6.94. The van der Waals surface area contributed by atoms with E-state index in [2.05, 4.69) is 14.9 Å². The molecule has 4 nitrogen and oxygen atoms in total. The normalized spacial score (nSPS) is 20.4. The minimum Gasteiger partial charge on any atom is -0.475 e. The third-order valence-electron chi connectivity index (χ3n) is 3.33. The molecular weight excluding hydrogens is 262 g/mol. The van der Waals surface area contributed by atoms with Crippen LogP contribution in [0.2, 0.25) is 0 Å². The highest BCUT2D eigenvalue weighted by molar-refractivity contribution is 6.18. The van der Waals surface area contributed by atoms with E-state index in [9.17, 15) is 0 Å².